The monoisotopic (exact) mass is 350 g/mol. The van der Waals surface area contributed by atoms with Gasteiger partial charge in [0, 0.05) is 24.6 Å². The smallest absolute Gasteiger partial charge is 0.293 e. The molecule has 1 N–H and O–H groups in total. The van der Waals surface area contributed by atoms with Crippen molar-refractivity contribution in [3.05, 3.63) is 58.1 Å². The van der Waals surface area contributed by atoms with Crippen molar-refractivity contribution in [2.75, 3.05) is 18.2 Å². The van der Waals surface area contributed by atoms with E-state index < -0.39 is 14.8 Å². The van der Waals surface area contributed by atoms with E-state index in [0.717, 1.165) is 17.9 Å². The summed E-state index contributed by atoms with van der Waals surface area (Å²) < 4.78 is 28.4. The summed E-state index contributed by atoms with van der Waals surface area (Å²) in [6.07, 6.45) is 1.01. The van der Waals surface area contributed by atoms with E-state index in [1.807, 2.05) is 19.1 Å². The maximum atomic E-state index is 11.5. The summed E-state index contributed by atoms with van der Waals surface area (Å²) in [5, 5.41) is 14.2. The molecule has 2 rings (SSSR count). The van der Waals surface area contributed by atoms with Crippen LogP contribution in [0.25, 0.3) is 0 Å². The Morgan fingerprint density at radius 2 is 1.83 bits per heavy atom. The number of nitrogens with one attached hydrogen (secondary N) is 1. The highest BCUT2D eigenvalue weighted by Gasteiger charge is 2.18. The maximum absolute atomic E-state index is 11.5. The molecule has 0 radical (unpaired) electrons. The Morgan fingerprint density at radius 3 is 2.38 bits per heavy atom. The number of hydrogen-bond acceptors (Lipinski definition) is 6. The van der Waals surface area contributed by atoms with Crippen LogP contribution in [0, 0.1) is 10.1 Å². The normalized spacial score (nSPS) is 11.2. The number of nitro groups is 1. The molecule has 2 aromatic rings. The Labute approximate surface area is 140 Å². The third kappa shape index (κ3) is 4.53. The first-order chi connectivity index (χ1) is 11.3. The van der Waals surface area contributed by atoms with Gasteiger partial charge in [0.05, 0.1) is 16.4 Å². The standard InChI is InChI=1S/C16H18N2O5S/c1-3-23-11-12-4-6-13(7-5-12)17-15-9-8-14(24(2,21)22)10-16(15)18(19)20/h4-10,17H,3,11H2,1-2H3. The fourth-order valence-electron chi connectivity index (χ4n) is 2.06. The lowest BCUT2D eigenvalue weighted by atomic mass is 10.2. The van der Waals surface area contributed by atoms with Crippen LogP contribution in [0.5, 0.6) is 0 Å². The van der Waals surface area contributed by atoms with Gasteiger partial charge in [-0.1, -0.05) is 12.1 Å². The van der Waals surface area contributed by atoms with Crippen LogP contribution in [0.3, 0.4) is 0 Å². The minimum absolute atomic E-state index is 0.0909. The summed E-state index contributed by atoms with van der Waals surface area (Å²) in [6, 6.07) is 11.1. The topological polar surface area (TPSA) is 98.5 Å². The largest absolute Gasteiger partial charge is 0.377 e. The second kappa shape index (κ2) is 7.41. The van der Waals surface area contributed by atoms with Crippen LogP contribution in [-0.4, -0.2) is 26.2 Å². The maximum Gasteiger partial charge on any atom is 0.293 e. The number of anilines is 2. The minimum Gasteiger partial charge on any atom is -0.377 e. The molecule has 8 heteroatoms. The van der Waals surface area contributed by atoms with Crippen molar-refractivity contribution >= 4 is 26.9 Å². The van der Waals surface area contributed by atoms with Gasteiger partial charge in [-0.25, -0.2) is 8.42 Å². The van der Waals surface area contributed by atoms with Crippen molar-refractivity contribution in [3.63, 3.8) is 0 Å². The van der Waals surface area contributed by atoms with Gasteiger partial charge in [0.2, 0.25) is 0 Å². The molecule has 0 unspecified atom stereocenters. The van der Waals surface area contributed by atoms with E-state index in [-0.39, 0.29) is 16.3 Å². The van der Waals surface area contributed by atoms with Crippen LogP contribution in [-0.2, 0) is 21.2 Å². The molecule has 0 atom stereocenters. The van der Waals surface area contributed by atoms with Crippen molar-refractivity contribution in [1.29, 1.82) is 0 Å². The zero-order chi connectivity index (χ0) is 17.7. The molecular weight excluding hydrogens is 332 g/mol. The van der Waals surface area contributed by atoms with Crippen LogP contribution in [0.1, 0.15) is 12.5 Å². The molecular formula is C16H18N2O5S. The van der Waals surface area contributed by atoms with E-state index in [1.165, 1.54) is 12.1 Å². The molecule has 0 aliphatic heterocycles. The fourth-order valence-corrected chi connectivity index (χ4v) is 2.70. The molecule has 0 saturated heterocycles. The van der Waals surface area contributed by atoms with Gasteiger partial charge in [0.25, 0.3) is 5.69 Å². The zero-order valence-electron chi connectivity index (χ0n) is 13.4. The SMILES string of the molecule is CCOCc1ccc(Nc2ccc(S(C)(=O)=O)cc2[N+](=O)[O-])cc1. The molecule has 0 aromatic heterocycles. The molecule has 7 nitrogen and oxygen atoms in total. The second-order valence-electron chi connectivity index (χ2n) is 5.17. The third-order valence-corrected chi connectivity index (χ3v) is 4.41. The molecule has 128 valence electrons. The summed E-state index contributed by atoms with van der Waals surface area (Å²) in [6.45, 7) is 3.04. The molecule has 0 spiro atoms. The van der Waals surface area contributed by atoms with Crippen LogP contribution in [0.4, 0.5) is 17.1 Å². The van der Waals surface area contributed by atoms with E-state index in [9.17, 15) is 18.5 Å². The van der Waals surface area contributed by atoms with Gasteiger partial charge in [0.15, 0.2) is 9.84 Å². The number of benzene rings is 2. The molecule has 2 aromatic carbocycles. The Morgan fingerprint density at radius 1 is 1.17 bits per heavy atom. The quantitative estimate of drug-likeness (QED) is 0.608. The van der Waals surface area contributed by atoms with Crippen LogP contribution in [0.15, 0.2) is 47.4 Å². The highest BCUT2D eigenvalue weighted by Crippen LogP contribution is 2.30. The predicted molar refractivity (Wildman–Crippen MR) is 91.3 cm³/mol. The average molecular weight is 350 g/mol. The molecule has 0 amide bonds. The van der Waals surface area contributed by atoms with Crippen molar-refractivity contribution in [1.82, 2.24) is 0 Å². The number of ether oxygens (including phenoxy) is 1. The van der Waals surface area contributed by atoms with Crippen molar-refractivity contribution in [3.8, 4) is 0 Å². The van der Waals surface area contributed by atoms with E-state index in [0.29, 0.717) is 18.9 Å². The van der Waals surface area contributed by atoms with E-state index >= 15 is 0 Å². The highest BCUT2D eigenvalue weighted by atomic mass is 32.2. The third-order valence-electron chi connectivity index (χ3n) is 3.30. The summed E-state index contributed by atoms with van der Waals surface area (Å²) in [7, 11) is -3.51. The zero-order valence-corrected chi connectivity index (χ0v) is 14.2. The number of nitrogens with zero attached hydrogens (tertiary/aromatic N) is 1. The Kier molecular flexibility index (Phi) is 5.53. The first-order valence-electron chi connectivity index (χ1n) is 7.23. The van der Waals surface area contributed by atoms with E-state index in [1.54, 1.807) is 12.1 Å². The lowest BCUT2D eigenvalue weighted by Gasteiger charge is -2.09. The molecule has 0 saturated carbocycles. The molecule has 0 aliphatic carbocycles. The van der Waals surface area contributed by atoms with Gasteiger partial charge >= 0.3 is 0 Å². The van der Waals surface area contributed by atoms with Crippen LogP contribution in [0.2, 0.25) is 0 Å². The van der Waals surface area contributed by atoms with Gasteiger partial charge < -0.3 is 10.1 Å². The Bertz CT molecular complexity index is 832. The van der Waals surface area contributed by atoms with Gasteiger partial charge in [0.1, 0.15) is 5.69 Å². The second-order valence-corrected chi connectivity index (χ2v) is 7.18. The number of nitro benzene ring substituents is 1. The molecule has 0 bridgehead atoms. The van der Waals surface area contributed by atoms with Crippen molar-refractivity contribution in [2.45, 2.75) is 18.4 Å². The highest BCUT2D eigenvalue weighted by molar-refractivity contribution is 7.90. The molecule has 0 aliphatic rings. The molecule has 0 heterocycles. The number of rotatable bonds is 7. The van der Waals surface area contributed by atoms with E-state index in [4.69, 9.17) is 4.74 Å². The summed E-state index contributed by atoms with van der Waals surface area (Å²) >= 11 is 0. The van der Waals surface area contributed by atoms with Gasteiger partial charge in [-0.05, 0) is 36.8 Å². The minimum atomic E-state index is -3.51. The van der Waals surface area contributed by atoms with Crippen LogP contribution < -0.4 is 5.32 Å². The predicted octanol–water partition coefficient (Wildman–Crippen LogP) is 3.28. The lowest BCUT2D eigenvalue weighted by molar-refractivity contribution is -0.384. The lowest BCUT2D eigenvalue weighted by Crippen LogP contribution is -2.02. The first-order valence-corrected chi connectivity index (χ1v) is 9.12. The van der Waals surface area contributed by atoms with Crippen molar-refractivity contribution < 1.29 is 18.1 Å². The summed E-state index contributed by atoms with van der Waals surface area (Å²) in [4.78, 5) is 10.5. The average Bonchev–Trinajstić information content (AvgIpc) is 2.53. The molecule has 24 heavy (non-hydrogen) atoms. The molecule has 0 fully saturated rings. The fraction of sp³-hybridized carbons (Fsp3) is 0.250. The number of hydrogen-bond donors (Lipinski definition) is 1. The Balaban J connectivity index is 2.27. The summed E-state index contributed by atoms with van der Waals surface area (Å²) in [5.74, 6) is 0. The number of sulfone groups is 1. The van der Waals surface area contributed by atoms with Crippen LogP contribution >= 0.6 is 0 Å². The van der Waals surface area contributed by atoms with E-state index in [2.05, 4.69) is 5.32 Å². The van der Waals surface area contributed by atoms with Gasteiger partial charge in [-0.3, -0.25) is 10.1 Å². The summed E-state index contributed by atoms with van der Waals surface area (Å²) in [5.41, 5.74) is 1.58. The van der Waals surface area contributed by atoms with Crippen molar-refractivity contribution in [2.24, 2.45) is 0 Å². The van der Waals surface area contributed by atoms with Gasteiger partial charge in [-0.15, -0.1) is 0 Å². The van der Waals surface area contributed by atoms with Gasteiger partial charge in [-0.2, -0.15) is 0 Å². The Hall–Kier alpha value is -2.45. The first kappa shape index (κ1) is 17.9.